The van der Waals surface area contributed by atoms with Crippen LogP contribution in [0.3, 0.4) is 0 Å². The molecule has 124 valence electrons. The zero-order valence-corrected chi connectivity index (χ0v) is 14.0. The van der Waals surface area contributed by atoms with Gasteiger partial charge in [-0.25, -0.2) is 9.98 Å². The van der Waals surface area contributed by atoms with Gasteiger partial charge in [-0.2, -0.15) is 5.10 Å². The summed E-state index contributed by atoms with van der Waals surface area (Å²) in [5, 5.41) is 10.7. The maximum atomic E-state index is 4.57. The van der Waals surface area contributed by atoms with E-state index in [-0.39, 0.29) is 0 Å². The number of guanidine groups is 1. The lowest BCUT2D eigenvalue weighted by Crippen LogP contribution is -2.45. The molecule has 1 aliphatic rings. The summed E-state index contributed by atoms with van der Waals surface area (Å²) in [5.74, 6) is 1.71. The average molecular weight is 307 g/mol. The van der Waals surface area contributed by atoms with Crippen LogP contribution >= 0.6 is 0 Å². The summed E-state index contributed by atoms with van der Waals surface area (Å²) in [5.41, 5.74) is 0. The molecule has 22 heavy (non-hydrogen) atoms. The van der Waals surface area contributed by atoms with Gasteiger partial charge in [-0.15, -0.1) is 0 Å². The summed E-state index contributed by atoms with van der Waals surface area (Å²) in [6, 6.07) is 0.703. The standard InChI is InChI=1S/C15H29N7/c1-4-16-15(18-11-14-19-12-20-21(14)3)17-8-10-22-9-6-5-7-13(22)2/h12-13H,4-11H2,1-3H3,(H2,16,17,18). The van der Waals surface area contributed by atoms with Crippen LogP contribution in [0, 0.1) is 0 Å². The summed E-state index contributed by atoms with van der Waals surface area (Å²) >= 11 is 0. The molecule has 1 fully saturated rings. The predicted molar refractivity (Wildman–Crippen MR) is 88.7 cm³/mol. The molecule has 0 saturated carbocycles. The first-order valence-electron chi connectivity index (χ1n) is 8.29. The molecule has 2 heterocycles. The van der Waals surface area contributed by atoms with E-state index in [0.29, 0.717) is 12.6 Å². The Kier molecular flexibility index (Phi) is 6.64. The molecule has 0 amide bonds. The lowest BCUT2D eigenvalue weighted by Gasteiger charge is -2.33. The van der Waals surface area contributed by atoms with Gasteiger partial charge in [-0.05, 0) is 33.2 Å². The predicted octanol–water partition coefficient (Wildman–Crippen LogP) is 0.745. The Morgan fingerprint density at radius 3 is 2.95 bits per heavy atom. The zero-order chi connectivity index (χ0) is 15.8. The largest absolute Gasteiger partial charge is 0.357 e. The highest BCUT2D eigenvalue weighted by atomic mass is 15.3. The van der Waals surface area contributed by atoms with E-state index >= 15 is 0 Å². The lowest BCUT2D eigenvalue weighted by molar-refractivity contribution is 0.163. The van der Waals surface area contributed by atoms with E-state index in [9.17, 15) is 0 Å². The fourth-order valence-corrected chi connectivity index (χ4v) is 2.76. The number of hydrogen-bond donors (Lipinski definition) is 2. The molecule has 7 nitrogen and oxygen atoms in total. The summed E-state index contributed by atoms with van der Waals surface area (Å²) in [4.78, 5) is 11.3. The van der Waals surface area contributed by atoms with Crippen molar-refractivity contribution in [1.82, 2.24) is 30.3 Å². The van der Waals surface area contributed by atoms with Crippen molar-refractivity contribution in [1.29, 1.82) is 0 Å². The Morgan fingerprint density at radius 2 is 2.27 bits per heavy atom. The third kappa shape index (κ3) is 4.98. The van der Waals surface area contributed by atoms with Gasteiger partial charge >= 0.3 is 0 Å². The Bertz CT molecular complexity index is 468. The van der Waals surface area contributed by atoms with E-state index in [1.54, 1.807) is 11.0 Å². The average Bonchev–Trinajstić information content (AvgIpc) is 2.92. The molecular formula is C15H29N7. The van der Waals surface area contributed by atoms with Gasteiger partial charge in [0.1, 0.15) is 18.7 Å². The second-order valence-corrected chi connectivity index (χ2v) is 5.80. The van der Waals surface area contributed by atoms with Gasteiger partial charge in [-0.1, -0.05) is 6.42 Å². The third-order valence-corrected chi connectivity index (χ3v) is 4.16. The van der Waals surface area contributed by atoms with E-state index in [1.807, 2.05) is 7.05 Å². The van der Waals surface area contributed by atoms with E-state index in [0.717, 1.165) is 31.4 Å². The van der Waals surface area contributed by atoms with E-state index in [2.05, 4.69) is 44.5 Å². The number of aryl methyl sites for hydroxylation is 1. The van der Waals surface area contributed by atoms with Crippen LogP contribution in [0.4, 0.5) is 0 Å². The van der Waals surface area contributed by atoms with Crippen LogP contribution in [0.2, 0.25) is 0 Å². The summed E-state index contributed by atoms with van der Waals surface area (Å²) < 4.78 is 1.75. The van der Waals surface area contributed by atoms with Crippen LogP contribution in [0.5, 0.6) is 0 Å². The van der Waals surface area contributed by atoms with Crippen molar-refractivity contribution in [3.63, 3.8) is 0 Å². The summed E-state index contributed by atoms with van der Waals surface area (Å²) in [6.45, 7) is 8.98. The minimum atomic E-state index is 0.534. The van der Waals surface area contributed by atoms with Crippen molar-refractivity contribution < 1.29 is 0 Å². The molecule has 2 N–H and O–H groups in total. The second-order valence-electron chi connectivity index (χ2n) is 5.80. The SMILES string of the molecule is CCNC(=NCc1ncnn1C)NCCN1CCCCC1C. The molecule has 0 aromatic carbocycles. The first-order chi connectivity index (χ1) is 10.7. The molecular weight excluding hydrogens is 278 g/mol. The Morgan fingerprint density at radius 1 is 1.41 bits per heavy atom. The molecule has 0 bridgehead atoms. The van der Waals surface area contributed by atoms with Crippen LogP contribution in [0.15, 0.2) is 11.3 Å². The minimum absolute atomic E-state index is 0.534. The molecule has 1 aromatic rings. The quantitative estimate of drug-likeness (QED) is 0.599. The molecule has 7 heteroatoms. The molecule has 1 aliphatic heterocycles. The fourth-order valence-electron chi connectivity index (χ4n) is 2.76. The number of aromatic nitrogens is 3. The lowest BCUT2D eigenvalue weighted by atomic mass is 10.0. The normalized spacial score (nSPS) is 20.1. The van der Waals surface area contributed by atoms with Crippen molar-refractivity contribution >= 4 is 5.96 Å². The Balaban J connectivity index is 1.79. The Hall–Kier alpha value is -1.63. The number of piperidine rings is 1. The monoisotopic (exact) mass is 307 g/mol. The van der Waals surface area contributed by atoms with Crippen molar-refractivity contribution in [3.05, 3.63) is 12.2 Å². The number of hydrogen-bond acceptors (Lipinski definition) is 4. The number of likely N-dealkylation sites (tertiary alicyclic amines) is 1. The number of nitrogens with one attached hydrogen (secondary N) is 2. The van der Waals surface area contributed by atoms with Crippen molar-refractivity contribution in [2.45, 2.75) is 45.7 Å². The van der Waals surface area contributed by atoms with Gasteiger partial charge in [0.25, 0.3) is 0 Å². The van der Waals surface area contributed by atoms with Crippen molar-refractivity contribution in [3.8, 4) is 0 Å². The van der Waals surface area contributed by atoms with E-state index < -0.39 is 0 Å². The molecule has 0 spiro atoms. The van der Waals surface area contributed by atoms with Gasteiger partial charge in [0.2, 0.25) is 0 Å². The first kappa shape index (κ1) is 16.7. The van der Waals surface area contributed by atoms with Crippen LogP contribution in [0.25, 0.3) is 0 Å². The Labute approximate surface area is 133 Å². The highest BCUT2D eigenvalue weighted by Gasteiger charge is 2.17. The van der Waals surface area contributed by atoms with E-state index in [1.165, 1.54) is 25.8 Å². The molecule has 0 aliphatic carbocycles. The number of nitrogens with zero attached hydrogens (tertiary/aromatic N) is 5. The van der Waals surface area contributed by atoms with Gasteiger partial charge < -0.3 is 10.6 Å². The van der Waals surface area contributed by atoms with Gasteiger partial charge in [-0.3, -0.25) is 9.58 Å². The summed E-state index contributed by atoms with van der Waals surface area (Å²) in [7, 11) is 1.88. The molecule has 0 radical (unpaired) electrons. The van der Waals surface area contributed by atoms with E-state index in [4.69, 9.17) is 0 Å². The van der Waals surface area contributed by atoms with Crippen molar-refractivity contribution in [2.24, 2.45) is 12.0 Å². The highest BCUT2D eigenvalue weighted by molar-refractivity contribution is 5.79. The van der Waals surface area contributed by atoms with Crippen LogP contribution in [0.1, 0.15) is 38.9 Å². The molecule has 2 rings (SSSR count). The van der Waals surface area contributed by atoms with Gasteiger partial charge in [0, 0.05) is 32.7 Å². The second kappa shape index (κ2) is 8.73. The maximum Gasteiger partial charge on any atom is 0.191 e. The third-order valence-electron chi connectivity index (χ3n) is 4.16. The smallest absolute Gasteiger partial charge is 0.191 e. The van der Waals surface area contributed by atoms with Gasteiger partial charge in [0.05, 0.1) is 0 Å². The molecule has 1 atom stereocenters. The van der Waals surface area contributed by atoms with Crippen LogP contribution < -0.4 is 10.6 Å². The number of rotatable bonds is 6. The number of aliphatic imine (C=N–C) groups is 1. The first-order valence-corrected chi connectivity index (χ1v) is 8.29. The minimum Gasteiger partial charge on any atom is -0.357 e. The maximum absolute atomic E-state index is 4.57. The fraction of sp³-hybridized carbons (Fsp3) is 0.800. The highest BCUT2D eigenvalue weighted by Crippen LogP contribution is 2.15. The topological polar surface area (TPSA) is 70.4 Å². The summed E-state index contributed by atoms with van der Waals surface area (Å²) in [6.07, 6.45) is 5.57. The van der Waals surface area contributed by atoms with Gasteiger partial charge in [0.15, 0.2) is 5.96 Å². The van der Waals surface area contributed by atoms with Crippen LogP contribution in [-0.2, 0) is 13.6 Å². The molecule has 1 unspecified atom stereocenters. The molecule has 1 saturated heterocycles. The molecule has 1 aromatic heterocycles. The van der Waals surface area contributed by atoms with Crippen molar-refractivity contribution in [2.75, 3.05) is 26.2 Å². The zero-order valence-electron chi connectivity index (χ0n) is 14.0. The van der Waals surface area contributed by atoms with Crippen LogP contribution in [-0.4, -0.2) is 57.8 Å².